The summed E-state index contributed by atoms with van der Waals surface area (Å²) in [6.45, 7) is 0. The van der Waals surface area contributed by atoms with E-state index < -0.39 is 0 Å². The van der Waals surface area contributed by atoms with Gasteiger partial charge >= 0.3 is 0 Å². The molecule has 2 nitrogen and oxygen atoms in total. The van der Waals surface area contributed by atoms with Crippen molar-refractivity contribution < 1.29 is 0 Å². The van der Waals surface area contributed by atoms with Gasteiger partial charge in [0, 0.05) is 8.95 Å². The summed E-state index contributed by atoms with van der Waals surface area (Å²) < 4.78 is 2.10. The molecular weight excluding hydrogens is 392 g/mol. The smallest absolute Gasteiger partial charge is 0.0721 e. The van der Waals surface area contributed by atoms with Gasteiger partial charge in [0.2, 0.25) is 0 Å². The molecule has 1 aliphatic carbocycles. The first-order valence-electron chi connectivity index (χ1n) is 7.20. The minimum absolute atomic E-state index is 0.0210. The first-order valence-corrected chi connectivity index (χ1v) is 8.78. The largest absolute Gasteiger partial charge is 0.271 e. The fourth-order valence-electron chi connectivity index (χ4n) is 2.80. The maximum absolute atomic E-state index is 5.80. The van der Waals surface area contributed by atoms with E-state index in [0.717, 1.165) is 20.4 Å². The van der Waals surface area contributed by atoms with Crippen molar-refractivity contribution in [1.82, 2.24) is 5.43 Å². The standard InChI is InChI=1S/C17H18Br2N2/c18-14-8-9-16(19)15(10-14)17(21-20)13-6-4-12(5-7-13)11-2-1-3-11/h4-11,17,21H,1-3,20H2. The molecule has 1 aliphatic rings. The zero-order chi connectivity index (χ0) is 14.8. The molecule has 2 aromatic carbocycles. The van der Waals surface area contributed by atoms with Gasteiger partial charge in [0.25, 0.3) is 0 Å². The second-order valence-electron chi connectivity index (χ2n) is 5.56. The summed E-state index contributed by atoms with van der Waals surface area (Å²) in [6, 6.07) is 15.0. The van der Waals surface area contributed by atoms with E-state index in [-0.39, 0.29) is 6.04 Å². The maximum atomic E-state index is 5.80. The third-order valence-electron chi connectivity index (χ3n) is 4.28. The van der Waals surface area contributed by atoms with Gasteiger partial charge in [-0.2, -0.15) is 0 Å². The predicted octanol–water partition coefficient (Wildman–Crippen LogP) is 5.03. The van der Waals surface area contributed by atoms with E-state index in [0.29, 0.717) is 0 Å². The van der Waals surface area contributed by atoms with Crippen molar-refractivity contribution in [1.29, 1.82) is 0 Å². The molecule has 110 valence electrons. The number of rotatable bonds is 4. The van der Waals surface area contributed by atoms with Crippen LogP contribution in [-0.2, 0) is 0 Å². The summed E-state index contributed by atoms with van der Waals surface area (Å²) in [6.07, 6.45) is 4.02. The van der Waals surface area contributed by atoms with Gasteiger partial charge in [-0.05, 0) is 53.6 Å². The van der Waals surface area contributed by atoms with E-state index in [2.05, 4.69) is 67.6 Å². The van der Waals surface area contributed by atoms with Crippen LogP contribution in [0.4, 0.5) is 0 Å². The van der Waals surface area contributed by atoms with Crippen molar-refractivity contribution in [2.45, 2.75) is 31.2 Å². The first-order chi connectivity index (χ1) is 10.2. The van der Waals surface area contributed by atoms with Crippen LogP contribution < -0.4 is 11.3 Å². The second-order valence-corrected chi connectivity index (χ2v) is 7.33. The zero-order valence-electron chi connectivity index (χ0n) is 11.7. The fourth-order valence-corrected chi connectivity index (χ4v) is 3.66. The molecule has 0 bridgehead atoms. The van der Waals surface area contributed by atoms with Gasteiger partial charge in [0.1, 0.15) is 0 Å². The van der Waals surface area contributed by atoms with Crippen LogP contribution in [0.3, 0.4) is 0 Å². The molecule has 0 aliphatic heterocycles. The van der Waals surface area contributed by atoms with Crippen molar-refractivity contribution in [3.8, 4) is 0 Å². The van der Waals surface area contributed by atoms with Crippen LogP contribution in [0.2, 0.25) is 0 Å². The Morgan fingerprint density at radius 3 is 2.33 bits per heavy atom. The average Bonchev–Trinajstić information content (AvgIpc) is 2.43. The van der Waals surface area contributed by atoms with Gasteiger partial charge < -0.3 is 0 Å². The Labute approximate surface area is 142 Å². The van der Waals surface area contributed by atoms with Crippen LogP contribution in [0.15, 0.2) is 51.4 Å². The molecule has 0 spiro atoms. The highest BCUT2D eigenvalue weighted by Crippen LogP contribution is 2.37. The number of nitrogens with one attached hydrogen (secondary N) is 1. The highest BCUT2D eigenvalue weighted by molar-refractivity contribution is 9.11. The molecule has 0 heterocycles. The highest BCUT2D eigenvalue weighted by atomic mass is 79.9. The van der Waals surface area contributed by atoms with E-state index in [1.54, 1.807) is 0 Å². The second kappa shape index (κ2) is 6.61. The Morgan fingerprint density at radius 2 is 1.76 bits per heavy atom. The topological polar surface area (TPSA) is 38.0 Å². The Balaban J connectivity index is 1.90. The molecule has 2 aromatic rings. The molecule has 1 unspecified atom stereocenters. The van der Waals surface area contributed by atoms with Crippen molar-refractivity contribution >= 4 is 31.9 Å². The fraction of sp³-hybridized carbons (Fsp3) is 0.294. The number of benzene rings is 2. The van der Waals surface area contributed by atoms with Crippen LogP contribution in [0.1, 0.15) is 47.9 Å². The van der Waals surface area contributed by atoms with Gasteiger partial charge in [-0.1, -0.05) is 62.5 Å². The van der Waals surface area contributed by atoms with Crippen LogP contribution in [-0.4, -0.2) is 0 Å². The Bertz CT molecular complexity index is 621. The zero-order valence-corrected chi connectivity index (χ0v) is 14.8. The number of hydrogen-bond acceptors (Lipinski definition) is 2. The molecular formula is C17H18Br2N2. The third-order valence-corrected chi connectivity index (χ3v) is 5.50. The molecule has 0 radical (unpaired) electrons. The van der Waals surface area contributed by atoms with Gasteiger partial charge in [-0.15, -0.1) is 0 Å². The van der Waals surface area contributed by atoms with Crippen molar-refractivity contribution in [2.24, 2.45) is 5.84 Å². The molecule has 1 saturated carbocycles. The molecule has 1 atom stereocenters. The lowest BCUT2D eigenvalue weighted by molar-refractivity contribution is 0.419. The summed E-state index contributed by atoms with van der Waals surface area (Å²) in [5.74, 6) is 6.57. The minimum Gasteiger partial charge on any atom is -0.271 e. The number of halogens is 2. The normalized spacial score (nSPS) is 16.5. The monoisotopic (exact) mass is 408 g/mol. The molecule has 0 aromatic heterocycles. The lowest BCUT2D eigenvalue weighted by atomic mass is 9.79. The summed E-state index contributed by atoms with van der Waals surface area (Å²) >= 11 is 7.14. The van der Waals surface area contributed by atoms with Crippen LogP contribution in [0.5, 0.6) is 0 Å². The lowest BCUT2D eigenvalue weighted by Crippen LogP contribution is -2.29. The van der Waals surface area contributed by atoms with E-state index in [9.17, 15) is 0 Å². The predicted molar refractivity (Wildman–Crippen MR) is 94.0 cm³/mol. The molecule has 0 amide bonds. The van der Waals surface area contributed by atoms with Crippen LogP contribution >= 0.6 is 31.9 Å². The quantitative estimate of drug-likeness (QED) is 0.548. The molecule has 4 heteroatoms. The van der Waals surface area contributed by atoms with Crippen molar-refractivity contribution in [2.75, 3.05) is 0 Å². The molecule has 3 rings (SSSR count). The van der Waals surface area contributed by atoms with Crippen molar-refractivity contribution in [3.05, 3.63) is 68.1 Å². The van der Waals surface area contributed by atoms with Gasteiger partial charge in [-0.3, -0.25) is 5.84 Å². The number of nitrogens with two attached hydrogens (primary N) is 1. The van der Waals surface area contributed by atoms with Gasteiger partial charge in [-0.25, -0.2) is 5.43 Å². The lowest BCUT2D eigenvalue weighted by Gasteiger charge is -2.26. The summed E-state index contributed by atoms with van der Waals surface area (Å²) in [5, 5.41) is 0. The SMILES string of the molecule is NNC(c1ccc(C2CCC2)cc1)c1cc(Br)ccc1Br. The Morgan fingerprint density at radius 1 is 1.05 bits per heavy atom. The summed E-state index contributed by atoms with van der Waals surface area (Å²) in [4.78, 5) is 0. The average molecular weight is 410 g/mol. The van der Waals surface area contributed by atoms with Crippen molar-refractivity contribution in [3.63, 3.8) is 0 Å². The summed E-state index contributed by atoms with van der Waals surface area (Å²) in [5.41, 5.74) is 6.69. The maximum Gasteiger partial charge on any atom is 0.0721 e. The number of hydrazine groups is 1. The van der Waals surface area contributed by atoms with Gasteiger partial charge in [0.15, 0.2) is 0 Å². The Kier molecular flexibility index (Phi) is 4.79. The Hall–Kier alpha value is -0.680. The van der Waals surface area contributed by atoms with E-state index in [4.69, 9.17) is 5.84 Å². The first kappa shape index (κ1) is 15.2. The van der Waals surface area contributed by atoms with E-state index >= 15 is 0 Å². The minimum atomic E-state index is -0.0210. The van der Waals surface area contributed by atoms with Gasteiger partial charge in [0.05, 0.1) is 6.04 Å². The van der Waals surface area contributed by atoms with Crippen LogP contribution in [0.25, 0.3) is 0 Å². The molecule has 21 heavy (non-hydrogen) atoms. The molecule has 3 N–H and O–H groups in total. The number of hydrogen-bond donors (Lipinski definition) is 2. The third kappa shape index (κ3) is 3.24. The molecule has 1 fully saturated rings. The highest BCUT2D eigenvalue weighted by Gasteiger charge is 2.20. The van der Waals surface area contributed by atoms with E-state index in [1.165, 1.54) is 30.4 Å². The summed E-state index contributed by atoms with van der Waals surface area (Å²) in [7, 11) is 0. The van der Waals surface area contributed by atoms with E-state index in [1.807, 2.05) is 12.1 Å². The molecule has 0 saturated heterocycles. The van der Waals surface area contributed by atoms with Crippen LogP contribution in [0, 0.1) is 0 Å².